The monoisotopic (exact) mass is 549 g/mol. The Morgan fingerprint density at radius 1 is 1.25 bits per heavy atom. The van der Waals surface area contributed by atoms with Gasteiger partial charge in [0, 0.05) is 16.1 Å². The molecule has 0 amide bonds. The number of nitrogens with two attached hydrogens (primary N) is 1. The Hall–Kier alpha value is -1.20. The van der Waals surface area contributed by atoms with E-state index >= 15 is 0 Å². The lowest BCUT2D eigenvalue weighted by Gasteiger charge is -2.08. The zero-order chi connectivity index (χ0) is 17.1. The predicted molar refractivity (Wildman–Crippen MR) is 108 cm³/mol. The number of hydrogen-bond acceptors (Lipinski definition) is 4. The number of aliphatic imine (C=N–C) groups is 1. The number of nitrogens with zero attached hydrogens (tertiary/aromatic N) is 1. The van der Waals surface area contributed by atoms with Gasteiger partial charge in [0.15, 0.2) is 5.69 Å². The summed E-state index contributed by atoms with van der Waals surface area (Å²) in [6.45, 7) is 0.295. The van der Waals surface area contributed by atoms with E-state index in [1.54, 1.807) is 12.1 Å². The van der Waals surface area contributed by atoms with Crippen molar-refractivity contribution in [3.63, 3.8) is 0 Å². The van der Waals surface area contributed by atoms with E-state index in [1.165, 1.54) is 0 Å². The minimum Gasteiger partial charge on any atom is -0.506 e. The third-order valence-corrected chi connectivity index (χ3v) is 5.03. The third-order valence-electron chi connectivity index (χ3n) is 3.58. The molecule has 0 atom stereocenters. The van der Waals surface area contributed by atoms with Crippen LogP contribution in [0.3, 0.4) is 0 Å². The number of fused-ring (bicyclic) bond motifs is 1. The second-order valence-corrected chi connectivity index (χ2v) is 7.74. The number of benzene rings is 2. The molecule has 3 rings (SSSR count). The average Bonchev–Trinajstić information content (AvgIpc) is 2.97. The highest BCUT2D eigenvalue weighted by Crippen LogP contribution is 2.27. The normalized spacial score (nSPS) is 12.7. The van der Waals surface area contributed by atoms with Crippen LogP contribution in [0.4, 0.5) is 11.4 Å². The quantitative estimate of drug-likeness (QED) is 0.260. The van der Waals surface area contributed by atoms with Gasteiger partial charge in [-0.1, -0.05) is 12.1 Å². The smallest absolute Gasteiger partial charge is 0.341 e. The number of carbonyl (C=O) groups excluding carboxylic acids is 1. The third kappa shape index (κ3) is 4.06. The number of para-hydroxylation sites is 2. The fourth-order valence-corrected chi connectivity index (χ4v) is 4.27. The van der Waals surface area contributed by atoms with Crippen LogP contribution in [-0.2, 0) is 4.74 Å². The average molecular weight is 549 g/mol. The van der Waals surface area contributed by atoms with Crippen molar-refractivity contribution in [3.05, 3.63) is 49.1 Å². The van der Waals surface area contributed by atoms with E-state index in [1.807, 2.05) is 46.9 Å². The topological polar surface area (TPSA) is 75.5 Å². The molecule has 0 aliphatic carbocycles. The number of ether oxygens (including phenoxy) is 1. The summed E-state index contributed by atoms with van der Waals surface area (Å²) in [5, 5.41) is 12.0. The van der Waals surface area contributed by atoms with Gasteiger partial charge in [-0.3, -0.25) is 5.32 Å². The summed E-state index contributed by atoms with van der Waals surface area (Å²) in [5.74, 6) is 0.480. The van der Waals surface area contributed by atoms with E-state index < -0.39 is 5.97 Å². The summed E-state index contributed by atoms with van der Waals surface area (Å²) in [4.78, 5) is 16.7. The number of carbonyl (C=O) groups is 1. The van der Waals surface area contributed by atoms with E-state index in [0.717, 1.165) is 27.2 Å². The highest BCUT2D eigenvalue weighted by atomic mass is 127. The van der Waals surface area contributed by atoms with Crippen LogP contribution in [0, 0.1) is 7.14 Å². The van der Waals surface area contributed by atoms with Crippen molar-refractivity contribution in [2.75, 3.05) is 6.61 Å². The molecule has 0 spiro atoms. The van der Waals surface area contributed by atoms with Crippen LogP contribution < -0.4 is 5.32 Å². The van der Waals surface area contributed by atoms with Crippen LogP contribution in [0.25, 0.3) is 0 Å². The van der Waals surface area contributed by atoms with Crippen LogP contribution in [-0.4, -0.2) is 23.5 Å². The lowest BCUT2D eigenvalue weighted by Crippen LogP contribution is -2.80. The van der Waals surface area contributed by atoms with Gasteiger partial charge in [-0.25, -0.2) is 4.79 Å². The number of hydrogen-bond donors (Lipinski definition) is 2. The highest BCUT2D eigenvalue weighted by molar-refractivity contribution is 14.1. The molecule has 0 saturated heterocycles. The van der Waals surface area contributed by atoms with Crippen molar-refractivity contribution < 1.29 is 20.0 Å². The van der Waals surface area contributed by atoms with Gasteiger partial charge >= 0.3 is 5.97 Å². The Labute approximate surface area is 166 Å². The molecule has 0 bridgehead atoms. The molecule has 0 radical (unpaired) electrons. The van der Waals surface area contributed by atoms with Crippen LogP contribution in [0.15, 0.2) is 41.4 Å². The number of phenols is 1. The van der Waals surface area contributed by atoms with E-state index in [2.05, 4.69) is 32.9 Å². The summed E-state index contributed by atoms with van der Waals surface area (Å²) in [6, 6.07) is 11.4. The van der Waals surface area contributed by atoms with Crippen molar-refractivity contribution in [1.29, 1.82) is 0 Å². The summed E-state index contributed by atoms with van der Waals surface area (Å²) in [7, 11) is 0. The minimum absolute atomic E-state index is 0.0232. The van der Waals surface area contributed by atoms with Gasteiger partial charge in [-0.05, 0) is 69.8 Å². The van der Waals surface area contributed by atoms with Gasteiger partial charge in [0.1, 0.15) is 17.0 Å². The van der Waals surface area contributed by atoms with Gasteiger partial charge in [-0.15, -0.1) is 0 Å². The Morgan fingerprint density at radius 2 is 2.04 bits per heavy atom. The fourth-order valence-electron chi connectivity index (χ4n) is 2.42. The molecule has 0 saturated carbocycles. The molecule has 2 aromatic carbocycles. The van der Waals surface area contributed by atoms with Gasteiger partial charge < -0.3 is 9.84 Å². The molecule has 1 heterocycles. The number of halogens is 2. The first kappa shape index (κ1) is 17.6. The molecule has 5 nitrogen and oxygen atoms in total. The second kappa shape index (κ2) is 7.79. The molecular weight excluding hydrogens is 534 g/mol. The molecule has 1 aliphatic rings. The first-order chi connectivity index (χ1) is 11.5. The van der Waals surface area contributed by atoms with Gasteiger partial charge in [0.25, 0.3) is 0 Å². The summed E-state index contributed by atoms with van der Waals surface area (Å²) >= 11 is 4.11. The van der Waals surface area contributed by atoms with Gasteiger partial charge in [-0.2, -0.15) is 4.99 Å². The lowest BCUT2D eigenvalue weighted by molar-refractivity contribution is -0.441. The van der Waals surface area contributed by atoms with E-state index in [0.29, 0.717) is 16.6 Å². The van der Waals surface area contributed by atoms with Crippen LogP contribution in [0.5, 0.6) is 5.75 Å². The maximum atomic E-state index is 12.1. The first-order valence-corrected chi connectivity index (χ1v) is 9.57. The predicted octanol–water partition coefficient (Wildman–Crippen LogP) is 3.48. The number of aromatic hydroxyl groups is 1. The Bertz CT molecular complexity index is 821. The highest BCUT2D eigenvalue weighted by Gasteiger charge is 2.19. The van der Waals surface area contributed by atoms with Crippen LogP contribution in [0.2, 0.25) is 0 Å². The Kier molecular flexibility index (Phi) is 5.72. The zero-order valence-corrected chi connectivity index (χ0v) is 16.9. The number of quaternary nitrogens is 1. The maximum absolute atomic E-state index is 12.1. The maximum Gasteiger partial charge on any atom is 0.341 e. The van der Waals surface area contributed by atoms with Crippen LogP contribution >= 0.6 is 45.2 Å². The zero-order valence-electron chi connectivity index (χ0n) is 12.6. The lowest BCUT2D eigenvalue weighted by atomic mass is 10.2. The largest absolute Gasteiger partial charge is 0.506 e. The second-order valence-electron chi connectivity index (χ2n) is 5.33. The Morgan fingerprint density at radius 3 is 2.83 bits per heavy atom. The molecule has 0 unspecified atom stereocenters. The molecule has 7 heteroatoms. The molecular formula is C17H15I2N2O3+. The fraction of sp³-hybridized carbons (Fsp3) is 0.176. The van der Waals surface area contributed by atoms with Crippen molar-refractivity contribution in [1.82, 2.24) is 0 Å². The molecule has 124 valence electrons. The van der Waals surface area contributed by atoms with Crippen molar-refractivity contribution in [2.45, 2.75) is 12.8 Å². The van der Waals surface area contributed by atoms with Crippen LogP contribution in [0.1, 0.15) is 23.2 Å². The van der Waals surface area contributed by atoms with Crippen molar-refractivity contribution >= 4 is 68.4 Å². The minimum atomic E-state index is -0.496. The number of rotatable bonds is 5. The molecule has 2 aromatic rings. The summed E-state index contributed by atoms with van der Waals surface area (Å²) in [6.07, 6.45) is 1.44. The van der Waals surface area contributed by atoms with Crippen molar-refractivity contribution in [3.8, 4) is 5.75 Å². The molecule has 0 aromatic heterocycles. The first-order valence-electron chi connectivity index (χ1n) is 7.41. The molecule has 1 aliphatic heterocycles. The molecule has 3 N–H and O–H groups in total. The number of esters is 1. The van der Waals surface area contributed by atoms with Crippen molar-refractivity contribution in [2.24, 2.45) is 4.99 Å². The molecule has 0 fully saturated rings. The summed E-state index contributed by atoms with van der Waals surface area (Å²) < 4.78 is 6.80. The number of phenolic OH excluding ortho intramolecular Hbond substituents is 1. The van der Waals surface area contributed by atoms with Gasteiger partial charge in [0.05, 0.1) is 10.2 Å². The van der Waals surface area contributed by atoms with E-state index in [-0.39, 0.29) is 11.3 Å². The SMILES string of the molecule is O=C(OCCCC1=Nc2ccccc2[NH2+]1)c1cc(I)cc(I)c1O. The number of amidine groups is 1. The Balaban J connectivity index is 1.50. The van der Waals surface area contributed by atoms with E-state index in [9.17, 15) is 9.90 Å². The molecule has 24 heavy (non-hydrogen) atoms. The van der Waals surface area contributed by atoms with Gasteiger partial charge in [0.2, 0.25) is 5.84 Å². The standard InChI is InChI=1S/C17H14I2N2O3/c18-10-8-11(16(22)12(19)9-10)17(23)24-7-3-6-15-20-13-4-1-2-5-14(13)21-15/h1-2,4-5,8-9,22H,3,6-7H2,(H,20,21)/p+1. The van der Waals surface area contributed by atoms with E-state index in [4.69, 9.17) is 4.74 Å². The summed E-state index contributed by atoms with van der Waals surface area (Å²) in [5.41, 5.74) is 2.33.